The number of likely N-dealkylation sites (tertiary alicyclic amines) is 1. The summed E-state index contributed by atoms with van der Waals surface area (Å²) in [7, 11) is 0. The number of hydrogen-bond donors (Lipinski definition) is 1. The van der Waals surface area contributed by atoms with Gasteiger partial charge in [0.25, 0.3) is 0 Å². The van der Waals surface area contributed by atoms with E-state index in [-0.39, 0.29) is 18.2 Å². The van der Waals surface area contributed by atoms with E-state index in [0.29, 0.717) is 0 Å². The van der Waals surface area contributed by atoms with Crippen molar-refractivity contribution in [1.82, 2.24) is 25.1 Å². The molecule has 0 amide bonds. The summed E-state index contributed by atoms with van der Waals surface area (Å²) >= 11 is 0. The van der Waals surface area contributed by atoms with Crippen molar-refractivity contribution in [3.63, 3.8) is 0 Å². The second-order valence-corrected chi connectivity index (χ2v) is 8.03. The number of hydrogen-bond acceptors (Lipinski definition) is 6. The molecule has 31 heavy (non-hydrogen) atoms. The molecule has 0 saturated carbocycles. The van der Waals surface area contributed by atoms with Gasteiger partial charge < -0.3 is 10.5 Å². The van der Waals surface area contributed by atoms with E-state index in [1.54, 1.807) is 11.0 Å². The van der Waals surface area contributed by atoms with E-state index in [1.807, 2.05) is 42.5 Å². The van der Waals surface area contributed by atoms with Crippen molar-refractivity contribution in [2.24, 2.45) is 5.73 Å². The molecule has 2 aromatic carbocycles. The lowest BCUT2D eigenvalue weighted by molar-refractivity contribution is 0.119. The highest BCUT2D eigenvalue weighted by molar-refractivity contribution is 5.44. The Morgan fingerprint density at radius 3 is 2.68 bits per heavy atom. The molecule has 0 radical (unpaired) electrons. The van der Waals surface area contributed by atoms with Gasteiger partial charge in [-0.25, -0.2) is 4.68 Å². The van der Waals surface area contributed by atoms with E-state index in [1.165, 1.54) is 5.56 Å². The molecular weight excluding hydrogens is 388 g/mol. The molecule has 1 aliphatic heterocycles. The molecule has 1 aliphatic carbocycles. The van der Waals surface area contributed by atoms with Gasteiger partial charge in [0.15, 0.2) is 0 Å². The second-order valence-electron chi connectivity index (χ2n) is 8.03. The Hall–Kier alpha value is -3.29. The molecule has 1 saturated heterocycles. The molecule has 2 heterocycles. The van der Waals surface area contributed by atoms with Crippen LogP contribution >= 0.6 is 0 Å². The second kappa shape index (κ2) is 8.83. The number of benzene rings is 2. The maximum absolute atomic E-state index is 6.61. The zero-order valence-corrected chi connectivity index (χ0v) is 17.3. The van der Waals surface area contributed by atoms with Crippen LogP contribution in [0.3, 0.4) is 0 Å². The van der Waals surface area contributed by atoms with Gasteiger partial charge in [-0.15, -0.1) is 5.10 Å². The molecule has 0 unspecified atom stereocenters. The van der Waals surface area contributed by atoms with Crippen LogP contribution in [0.15, 0.2) is 79.2 Å². The molecule has 3 aromatic rings. The number of tetrazole rings is 1. The molecule has 2 atom stereocenters. The Bertz CT molecular complexity index is 1050. The van der Waals surface area contributed by atoms with Gasteiger partial charge in [-0.2, -0.15) is 0 Å². The van der Waals surface area contributed by atoms with Crippen LogP contribution in [-0.4, -0.2) is 43.8 Å². The summed E-state index contributed by atoms with van der Waals surface area (Å²) in [5.41, 5.74) is 9.87. The Balaban J connectivity index is 1.48. The van der Waals surface area contributed by atoms with Gasteiger partial charge in [0.2, 0.25) is 0 Å². The SMILES string of the molecule is N[C@H]1CCCN(Cc2cc(-n3cnnn3)ccc2OC2C=CC=C2)[C@H]1c1ccccc1. The van der Waals surface area contributed by atoms with Gasteiger partial charge in [-0.05, 0) is 65.7 Å². The summed E-state index contributed by atoms with van der Waals surface area (Å²) in [5.74, 6) is 0.865. The first kappa shape index (κ1) is 19.7. The van der Waals surface area contributed by atoms with Crippen LogP contribution in [0.25, 0.3) is 5.69 Å². The Morgan fingerprint density at radius 1 is 1.06 bits per heavy atom. The van der Waals surface area contributed by atoms with Crippen LogP contribution in [-0.2, 0) is 6.54 Å². The summed E-state index contributed by atoms with van der Waals surface area (Å²) in [6, 6.07) is 16.9. The molecular formula is C24H26N6O. The van der Waals surface area contributed by atoms with Crippen molar-refractivity contribution in [2.45, 2.75) is 37.6 Å². The Labute approximate surface area is 181 Å². The summed E-state index contributed by atoms with van der Waals surface area (Å²) in [6.45, 7) is 1.73. The first-order valence-electron chi connectivity index (χ1n) is 10.7. The van der Waals surface area contributed by atoms with E-state index in [9.17, 15) is 0 Å². The number of piperidine rings is 1. The minimum Gasteiger partial charge on any atom is -0.482 e. The third kappa shape index (κ3) is 4.28. The van der Waals surface area contributed by atoms with E-state index in [4.69, 9.17) is 10.5 Å². The normalized spacial score (nSPS) is 21.6. The molecule has 158 valence electrons. The lowest BCUT2D eigenvalue weighted by Crippen LogP contribution is -2.45. The fourth-order valence-electron chi connectivity index (χ4n) is 4.47. The predicted molar refractivity (Wildman–Crippen MR) is 119 cm³/mol. The largest absolute Gasteiger partial charge is 0.482 e. The van der Waals surface area contributed by atoms with Crippen molar-refractivity contribution >= 4 is 0 Å². The highest BCUT2D eigenvalue weighted by atomic mass is 16.5. The molecule has 7 nitrogen and oxygen atoms in total. The van der Waals surface area contributed by atoms with Crippen LogP contribution < -0.4 is 10.5 Å². The topological polar surface area (TPSA) is 82.1 Å². The fourth-order valence-corrected chi connectivity index (χ4v) is 4.47. The van der Waals surface area contributed by atoms with E-state index in [2.05, 4.69) is 50.8 Å². The van der Waals surface area contributed by atoms with Crippen molar-refractivity contribution in [1.29, 1.82) is 0 Å². The van der Waals surface area contributed by atoms with E-state index >= 15 is 0 Å². The average molecular weight is 415 g/mol. The minimum atomic E-state index is -0.0498. The molecule has 2 aliphatic rings. The fraction of sp³-hybridized carbons (Fsp3) is 0.292. The van der Waals surface area contributed by atoms with E-state index in [0.717, 1.165) is 42.9 Å². The van der Waals surface area contributed by atoms with E-state index < -0.39 is 0 Å². The smallest absolute Gasteiger partial charge is 0.143 e. The lowest BCUT2D eigenvalue weighted by atomic mass is 9.90. The summed E-state index contributed by atoms with van der Waals surface area (Å²) in [5, 5.41) is 11.6. The molecule has 0 spiro atoms. The number of allylic oxidation sites excluding steroid dienone is 2. The summed E-state index contributed by atoms with van der Waals surface area (Å²) in [4.78, 5) is 2.47. The van der Waals surface area contributed by atoms with Crippen LogP contribution in [0.4, 0.5) is 0 Å². The monoisotopic (exact) mass is 414 g/mol. The number of nitrogens with zero attached hydrogens (tertiary/aromatic N) is 5. The molecule has 7 heteroatoms. The summed E-state index contributed by atoms with van der Waals surface area (Å²) in [6.07, 6.45) is 11.8. The van der Waals surface area contributed by atoms with Crippen molar-refractivity contribution in [3.8, 4) is 11.4 Å². The van der Waals surface area contributed by atoms with Gasteiger partial charge in [-0.3, -0.25) is 4.90 Å². The third-order valence-electron chi connectivity index (χ3n) is 5.93. The van der Waals surface area contributed by atoms with Crippen LogP contribution in [0, 0.1) is 0 Å². The number of aromatic nitrogens is 4. The third-order valence-corrected chi connectivity index (χ3v) is 5.93. The standard InChI is InChI=1S/C24H26N6O/c25-22-11-6-14-29(24(22)18-7-2-1-3-8-18)16-19-15-20(30-17-26-27-28-30)12-13-23(19)31-21-9-4-5-10-21/h1-5,7-10,12-13,15,17,21-22,24H,6,11,14,16,25H2/t22-,24-/m0/s1. The molecule has 2 N–H and O–H groups in total. The first-order valence-corrected chi connectivity index (χ1v) is 10.7. The van der Waals surface area contributed by atoms with Crippen molar-refractivity contribution < 1.29 is 4.74 Å². The quantitative estimate of drug-likeness (QED) is 0.667. The van der Waals surface area contributed by atoms with Gasteiger partial charge in [0.05, 0.1) is 11.7 Å². The average Bonchev–Trinajstić information content (AvgIpc) is 3.50. The number of ether oxygens (including phenoxy) is 1. The van der Waals surface area contributed by atoms with Crippen LogP contribution in [0.2, 0.25) is 0 Å². The summed E-state index contributed by atoms with van der Waals surface area (Å²) < 4.78 is 7.96. The van der Waals surface area contributed by atoms with Crippen molar-refractivity contribution in [2.75, 3.05) is 6.54 Å². The molecule has 5 rings (SSSR count). The highest BCUT2D eigenvalue weighted by Crippen LogP contribution is 2.34. The maximum Gasteiger partial charge on any atom is 0.143 e. The van der Waals surface area contributed by atoms with Crippen LogP contribution in [0.1, 0.15) is 30.0 Å². The zero-order chi connectivity index (χ0) is 21.0. The lowest BCUT2D eigenvalue weighted by Gasteiger charge is -2.40. The van der Waals surface area contributed by atoms with Crippen molar-refractivity contribution in [3.05, 3.63) is 90.3 Å². The number of nitrogens with two attached hydrogens (primary N) is 1. The maximum atomic E-state index is 6.61. The zero-order valence-electron chi connectivity index (χ0n) is 17.3. The van der Waals surface area contributed by atoms with Gasteiger partial charge in [0, 0.05) is 18.2 Å². The van der Waals surface area contributed by atoms with Gasteiger partial charge in [0.1, 0.15) is 18.2 Å². The predicted octanol–water partition coefficient (Wildman–Crippen LogP) is 3.20. The van der Waals surface area contributed by atoms with Gasteiger partial charge in [-0.1, -0.05) is 42.5 Å². The molecule has 1 aromatic heterocycles. The first-order chi connectivity index (χ1) is 15.3. The Morgan fingerprint density at radius 2 is 1.90 bits per heavy atom. The highest BCUT2D eigenvalue weighted by Gasteiger charge is 2.31. The number of rotatable bonds is 6. The molecule has 0 bridgehead atoms. The minimum absolute atomic E-state index is 0.0498. The van der Waals surface area contributed by atoms with Crippen LogP contribution in [0.5, 0.6) is 5.75 Å². The molecule has 1 fully saturated rings. The van der Waals surface area contributed by atoms with Gasteiger partial charge >= 0.3 is 0 Å². The Kier molecular flexibility index (Phi) is 5.60.